The molecule has 54 heavy (non-hydrogen) atoms. The van der Waals surface area contributed by atoms with Crippen molar-refractivity contribution in [2.45, 2.75) is 99.0 Å². The normalized spacial score (nSPS) is 37.2. The van der Waals surface area contributed by atoms with E-state index >= 15 is 0 Å². The maximum Gasteiger partial charge on any atom is 0.239 e. The summed E-state index contributed by atoms with van der Waals surface area (Å²) in [6.45, 7) is -0.187. The lowest BCUT2D eigenvalue weighted by Crippen LogP contribution is -2.64. The summed E-state index contributed by atoms with van der Waals surface area (Å²) in [7, 11) is 1.42. The zero-order valence-corrected chi connectivity index (χ0v) is 28.6. The number of aromatic hydroxyl groups is 1. The standard InChI is InChI=1S/C34H42O20/c1-11-20(38)23(41)26(44)32(48-11)53-30-18(10-36)52-34(28(46)25(30)43)54-31-22(40)19-15(37)7-14(49-33-27(45)24(42)21(39)17(9-35)51-33)8-16(19)50-29(31)12-3-5-13(47-2)6-4-12/h3-8,11,17-18,20-21,23-28,30,32-39,41-46H,9-10H2,1-2H3/t11-,17-,18+,20-,21-,23+,24+,25+,26+,27-,28+,30+,32-,33-,34-/m1/s1. The predicted octanol–water partition coefficient (Wildman–Crippen LogP) is -3.62. The lowest BCUT2D eigenvalue weighted by Gasteiger charge is -2.45. The van der Waals surface area contributed by atoms with Gasteiger partial charge in [-0.25, -0.2) is 0 Å². The minimum absolute atomic E-state index is 0.202. The highest BCUT2D eigenvalue weighted by Gasteiger charge is 2.51. The molecule has 15 atom stereocenters. The van der Waals surface area contributed by atoms with Crippen molar-refractivity contribution in [2.24, 2.45) is 0 Å². The number of rotatable bonds is 10. The second-order valence-corrected chi connectivity index (χ2v) is 13.1. The van der Waals surface area contributed by atoms with Gasteiger partial charge in [0.05, 0.1) is 26.4 Å². The fourth-order valence-electron chi connectivity index (χ4n) is 6.38. The van der Waals surface area contributed by atoms with Crippen LogP contribution >= 0.6 is 0 Å². The average Bonchev–Trinajstić information content (AvgIpc) is 3.16. The molecule has 0 aliphatic carbocycles. The molecule has 0 spiro atoms. The van der Waals surface area contributed by atoms with Gasteiger partial charge in [0.2, 0.25) is 23.8 Å². The molecular weight excluding hydrogens is 728 g/mol. The fourth-order valence-corrected chi connectivity index (χ4v) is 6.38. The van der Waals surface area contributed by atoms with E-state index < -0.39 is 128 Å². The number of ether oxygens (including phenoxy) is 7. The first-order valence-electron chi connectivity index (χ1n) is 16.8. The predicted molar refractivity (Wildman–Crippen MR) is 176 cm³/mol. The van der Waals surface area contributed by atoms with Crippen LogP contribution in [0, 0.1) is 0 Å². The molecule has 1 aromatic heterocycles. The smallest absolute Gasteiger partial charge is 0.239 e. The molecule has 6 rings (SSSR count). The average molecular weight is 771 g/mol. The number of phenols is 1. The Morgan fingerprint density at radius 2 is 1.26 bits per heavy atom. The van der Waals surface area contributed by atoms with Crippen LogP contribution in [0.25, 0.3) is 22.3 Å². The van der Waals surface area contributed by atoms with Crippen LogP contribution in [-0.4, -0.2) is 169 Å². The summed E-state index contributed by atoms with van der Waals surface area (Å²) >= 11 is 0. The van der Waals surface area contributed by atoms with Crippen LogP contribution < -0.4 is 19.6 Å². The minimum Gasteiger partial charge on any atom is -0.507 e. The van der Waals surface area contributed by atoms with Gasteiger partial charge in [-0.15, -0.1) is 0 Å². The molecule has 3 saturated heterocycles. The lowest BCUT2D eigenvalue weighted by molar-refractivity contribution is -0.349. The quantitative estimate of drug-likeness (QED) is 0.0948. The first-order chi connectivity index (χ1) is 25.7. The molecule has 0 radical (unpaired) electrons. The highest BCUT2D eigenvalue weighted by atomic mass is 16.7. The van der Waals surface area contributed by atoms with Gasteiger partial charge in [-0.3, -0.25) is 4.79 Å². The number of benzene rings is 2. The van der Waals surface area contributed by atoms with Gasteiger partial charge in [-0.1, -0.05) is 0 Å². The van der Waals surface area contributed by atoms with E-state index in [1.54, 1.807) is 0 Å². The number of aliphatic hydroxyl groups excluding tert-OH is 10. The zero-order chi connectivity index (χ0) is 39.2. The summed E-state index contributed by atoms with van der Waals surface area (Å²) in [6, 6.07) is 8.12. The first kappa shape index (κ1) is 40.0. The maximum atomic E-state index is 14.1. The van der Waals surface area contributed by atoms with E-state index in [1.165, 1.54) is 38.3 Å². The third-order valence-electron chi connectivity index (χ3n) is 9.51. The van der Waals surface area contributed by atoms with E-state index in [0.717, 1.165) is 12.1 Å². The maximum absolute atomic E-state index is 14.1. The van der Waals surface area contributed by atoms with Gasteiger partial charge in [0.15, 0.2) is 12.1 Å². The lowest BCUT2D eigenvalue weighted by atomic mass is 9.97. The molecule has 4 heterocycles. The summed E-state index contributed by atoms with van der Waals surface area (Å²) < 4.78 is 44.9. The van der Waals surface area contributed by atoms with Crippen LogP contribution in [0.4, 0.5) is 0 Å². The Balaban J connectivity index is 1.34. The SMILES string of the molecule is COc1ccc(-c2oc3cc(O[C@@H]4O[C@H](CO)[C@@H](O)[C@H](O)[C@H]4O)cc(O)c3c(=O)c2O[C@H]2O[C@@H](CO)[C@H](O[C@H]3O[C@H](C)[C@@H](O)[C@H](O)[C@@H]3O)[C@@H](O)[C@@H]2O)cc1. The van der Waals surface area contributed by atoms with E-state index in [-0.39, 0.29) is 22.7 Å². The summed E-state index contributed by atoms with van der Waals surface area (Å²) in [5.41, 5.74) is -1.10. The van der Waals surface area contributed by atoms with Crippen LogP contribution in [0.5, 0.6) is 23.0 Å². The third kappa shape index (κ3) is 7.46. The van der Waals surface area contributed by atoms with Gasteiger partial charge < -0.3 is 93.7 Å². The molecule has 3 aliphatic rings. The molecule has 298 valence electrons. The van der Waals surface area contributed by atoms with Crippen molar-refractivity contribution in [3.8, 4) is 34.3 Å². The van der Waals surface area contributed by atoms with Crippen LogP contribution in [0.15, 0.2) is 45.6 Å². The Hall–Kier alpha value is -3.71. The van der Waals surface area contributed by atoms with Gasteiger partial charge >= 0.3 is 0 Å². The van der Waals surface area contributed by atoms with Gasteiger partial charge in [0.1, 0.15) is 95.4 Å². The second kappa shape index (κ2) is 16.2. The highest BCUT2D eigenvalue weighted by Crippen LogP contribution is 2.39. The first-order valence-corrected chi connectivity index (χ1v) is 16.8. The Bertz CT molecular complexity index is 1800. The molecule has 20 nitrogen and oxygen atoms in total. The van der Waals surface area contributed by atoms with Crippen molar-refractivity contribution >= 4 is 11.0 Å². The monoisotopic (exact) mass is 770 g/mol. The van der Waals surface area contributed by atoms with Crippen molar-refractivity contribution in [2.75, 3.05) is 20.3 Å². The molecule has 3 aliphatic heterocycles. The summed E-state index contributed by atoms with van der Waals surface area (Å²) in [5.74, 6) is -1.46. The number of aliphatic hydroxyl groups is 10. The molecule has 0 saturated carbocycles. The highest BCUT2D eigenvalue weighted by molar-refractivity contribution is 5.88. The zero-order valence-electron chi connectivity index (χ0n) is 28.6. The van der Waals surface area contributed by atoms with Crippen LogP contribution in [0.2, 0.25) is 0 Å². The van der Waals surface area contributed by atoms with Crippen molar-refractivity contribution in [1.82, 2.24) is 0 Å². The van der Waals surface area contributed by atoms with E-state index in [1.807, 2.05) is 0 Å². The molecule has 11 N–H and O–H groups in total. The van der Waals surface area contributed by atoms with E-state index in [4.69, 9.17) is 37.6 Å². The Labute approximate surface area is 305 Å². The van der Waals surface area contributed by atoms with Crippen molar-refractivity contribution in [1.29, 1.82) is 0 Å². The van der Waals surface area contributed by atoms with Crippen LogP contribution in [-0.2, 0) is 18.9 Å². The molecule has 2 aromatic carbocycles. The van der Waals surface area contributed by atoms with E-state index in [0.29, 0.717) is 5.75 Å². The Kier molecular flexibility index (Phi) is 12.0. The van der Waals surface area contributed by atoms with Gasteiger partial charge in [-0.05, 0) is 31.2 Å². The third-order valence-corrected chi connectivity index (χ3v) is 9.51. The molecule has 3 fully saturated rings. The molecule has 0 amide bonds. The Morgan fingerprint density at radius 3 is 1.91 bits per heavy atom. The number of phenolic OH excluding ortho intramolecular Hbond substituents is 1. The molecule has 20 heteroatoms. The molecule has 0 unspecified atom stereocenters. The largest absolute Gasteiger partial charge is 0.507 e. The number of hydrogen-bond acceptors (Lipinski definition) is 20. The van der Waals surface area contributed by atoms with Gasteiger partial charge in [-0.2, -0.15) is 0 Å². The minimum atomic E-state index is -2.01. The summed E-state index contributed by atoms with van der Waals surface area (Å²) in [6.07, 6.45) is -24.7. The van der Waals surface area contributed by atoms with Crippen molar-refractivity contribution in [3.63, 3.8) is 0 Å². The van der Waals surface area contributed by atoms with E-state index in [2.05, 4.69) is 0 Å². The second-order valence-electron chi connectivity index (χ2n) is 13.1. The van der Waals surface area contributed by atoms with E-state index in [9.17, 15) is 61.0 Å². The van der Waals surface area contributed by atoms with Gasteiger partial charge in [0, 0.05) is 17.7 Å². The van der Waals surface area contributed by atoms with Gasteiger partial charge in [0.25, 0.3) is 0 Å². The molecule has 0 bridgehead atoms. The molecule has 3 aromatic rings. The van der Waals surface area contributed by atoms with Crippen molar-refractivity contribution in [3.05, 3.63) is 46.6 Å². The van der Waals surface area contributed by atoms with Crippen molar-refractivity contribution < 1.29 is 93.7 Å². The number of fused-ring (bicyclic) bond motifs is 1. The summed E-state index contributed by atoms with van der Waals surface area (Å²) in [5, 5.41) is 114. The summed E-state index contributed by atoms with van der Waals surface area (Å²) in [4.78, 5) is 14.1. The van der Waals surface area contributed by atoms with Crippen LogP contribution in [0.1, 0.15) is 6.92 Å². The van der Waals surface area contributed by atoms with Crippen LogP contribution in [0.3, 0.4) is 0 Å². The number of methoxy groups -OCH3 is 1. The molecular formula is C34H42O20. The fraction of sp³-hybridized carbons (Fsp3) is 0.559. The Morgan fingerprint density at radius 1 is 0.667 bits per heavy atom. The number of hydrogen-bond donors (Lipinski definition) is 11. The topological polar surface area (TPSA) is 317 Å².